The maximum absolute atomic E-state index is 14.6. The molecule has 2 unspecified atom stereocenters. The van der Waals surface area contributed by atoms with Crippen LogP contribution in [0.15, 0.2) is 72.8 Å². The van der Waals surface area contributed by atoms with E-state index in [-0.39, 0.29) is 24.7 Å². The van der Waals surface area contributed by atoms with E-state index >= 15 is 0 Å². The first-order valence-electron chi connectivity index (χ1n) is 14.4. The number of hydrogen-bond acceptors (Lipinski definition) is 6. The van der Waals surface area contributed by atoms with Crippen LogP contribution in [0, 0.1) is 12.7 Å². The van der Waals surface area contributed by atoms with Gasteiger partial charge in [0, 0.05) is 63.4 Å². The topological polar surface area (TPSA) is 74.4 Å². The minimum Gasteiger partial charge on any atom is -0.349 e. The molecule has 1 fully saturated rings. The number of piperazine rings is 1. The molecule has 0 radical (unpaired) electrons. The third kappa shape index (κ3) is 6.55. The third-order valence-electron chi connectivity index (χ3n) is 8.19. The van der Waals surface area contributed by atoms with Crippen molar-refractivity contribution in [3.8, 4) is 0 Å². The molecule has 42 heavy (non-hydrogen) atoms. The van der Waals surface area contributed by atoms with Gasteiger partial charge in [-0.3, -0.25) is 19.4 Å². The van der Waals surface area contributed by atoms with Crippen LogP contribution < -0.4 is 10.2 Å². The average molecular weight is 575 g/mol. The number of nitrogens with one attached hydrogen (secondary N) is 1. The standard InChI is InChI=1S/C33H39FN4O4/c1-24-9-7-8-12-29(24)31(39)35-28-22-26-21-27(34)13-14-30(26)38(32(40)25-10-5-4-6-11-25)33(23-28,41-3)42-20-19-37-17-15-36(2)16-18-37/h4-14,21,28H,15-20,22-23H2,1-3H3,(H,35,39). The highest BCUT2D eigenvalue weighted by Crippen LogP contribution is 2.39. The molecule has 0 aliphatic carbocycles. The van der Waals surface area contributed by atoms with Gasteiger partial charge in [0.15, 0.2) is 0 Å². The van der Waals surface area contributed by atoms with Crippen LogP contribution in [0.25, 0.3) is 0 Å². The molecule has 1 N–H and O–H groups in total. The molecule has 0 aromatic heterocycles. The van der Waals surface area contributed by atoms with Crippen LogP contribution in [0.5, 0.6) is 0 Å². The lowest BCUT2D eigenvalue weighted by molar-refractivity contribution is -0.224. The summed E-state index contributed by atoms with van der Waals surface area (Å²) in [5.74, 6) is -2.57. The van der Waals surface area contributed by atoms with Gasteiger partial charge in [-0.05, 0) is 67.9 Å². The number of nitrogens with zero attached hydrogens (tertiary/aromatic N) is 3. The summed E-state index contributed by atoms with van der Waals surface area (Å²) in [5, 5.41) is 3.13. The van der Waals surface area contributed by atoms with Crippen LogP contribution in [0.3, 0.4) is 0 Å². The number of likely N-dealkylation sites (N-methyl/N-ethyl adjacent to an activating group) is 1. The van der Waals surface area contributed by atoms with Crippen molar-refractivity contribution in [2.24, 2.45) is 0 Å². The average Bonchev–Trinajstić information content (AvgIpc) is 3.12. The largest absolute Gasteiger partial charge is 0.349 e. The van der Waals surface area contributed by atoms with E-state index in [2.05, 4.69) is 22.2 Å². The fourth-order valence-corrected chi connectivity index (χ4v) is 5.79. The van der Waals surface area contributed by atoms with E-state index in [1.165, 1.54) is 24.1 Å². The zero-order valence-corrected chi connectivity index (χ0v) is 24.5. The van der Waals surface area contributed by atoms with E-state index in [1.807, 2.05) is 31.2 Å². The molecule has 1 saturated heterocycles. The Hall–Kier alpha value is -3.63. The molecule has 2 aliphatic heterocycles. The number of rotatable bonds is 8. The van der Waals surface area contributed by atoms with Crippen LogP contribution >= 0.6 is 0 Å². The highest BCUT2D eigenvalue weighted by Gasteiger charge is 2.48. The molecule has 9 heteroatoms. The number of fused-ring (bicyclic) bond motifs is 1. The molecular weight excluding hydrogens is 535 g/mol. The Labute approximate surface area is 247 Å². The summed E-state index contributed by atoms with van der Waals surface area (Å²) in [7, 11) is 3.62. The number of hydrogen-bond donors (Lipinski definition) is 1. The molecule has 0 spiro atoms. The zero-order valence-electron chi connectivity index (χ0n) is 24.5. The fraction of sp³-hybridized carbons (Fsp3) is 0.394. The second-order valence-corrected chi connectivity index (χ2v) is 11.1. The van der Waals surface area contributed by atoms with Crippen molar-refractivity contribution in [1.82, 2.24) is 15.1 Å². The summed E-state index contributed by atoms with van der Waals surface area (Å²) in [6.07, 6.45) is 0.426. The van der Waals surface area contributed by atoms with Gasteiger partial charge in [0.05, 0.1) is 12.3 Å². The lowest BCUT2D eigenvalue weighted by Gasteiger charge is -2.43. The summed E-state index contributed by atoms with van der Waals surface area (Å²) in [4.78, 5) is 33.8. The van der Waals surface area contributed by atoms with Crippen LogP contribution in [0.2, 0.25) is 0 Å². The van der Waals surface area contributed by atoms with Crippen molar-refractivity contribution in [1.29, 1.82) is 0 Å². The Morgan fingerprint density at radius 1 is 1.00 bits per heavy atom. The molecule has 222 valence electrons. The molecule has 2 aliphatic rings. The van der Waals surface area contributed by atoms with Crippen molar-refractivity contribution >= 4 is 17.5 Å². The van der Waals surface area contributed by atoms with Gasteiger partial charge in [-0.25, -0.2) is 4.39 Å². The molecule has 8 nitrogen and oxygen atoms in total. The Balaban J connectivity index is 1.52. The minimum atomic E-state index is -1.56. The van der Waals surface area contributed by atoms with Crippen molar-refractivity contribution in [3.63, 3.8) is 0 Å². The SMILES string of the molecule is COC1(OCCN2CCN(C)CC2)CC(NC(=O)c2ccccc2C)Cc2cc(F)ccc2N1C(=O)c1ccccc1. The summed E-state index contributed by atoms with van der Waals surface area (Å²) < 4.78 is 27.4. The van der Waals surface area contributed by atoms with Crippen LogP contribution in [-0.4, -0.2) is 87.1 Å². The van der Waals surface area contributed by atoms with Gasteiger partial charge < -0.3 is 19.7 Å². The number of carbonyl (C=O) groups excluding carboxylic acids is 2. The van der Waals surface area contributed by atoms with Crippen molar-refractivity contribution in [2.75, 3.05) is 58.4 Å². The van der Waals surface area contributed by atoms with E-state index in [1.54, 1.807) is 36.4 Å². The van der Waals surface area contributed by atoms with E-state index < -0.39 is 17.8 Å². The molecule has 0 bridgehead atoms. The number of anilines is 1. The van der Waals surface area contributed by atoms with Crippen molar-refractivity contribution in [2.45, 2.75) is 31.7 Å². The predicted octanol–water partition coefficient (Wildman–Crippen LogP) is 4.09. The van der Waals surface area contributed by atoms with Gasteiger partial charge in [-0.15, -0.1) is 0 Å². The Morgan fingerprint density at radius 2 is 1.71 bits per heavy atom. The van der Waals surface area contributed by atoms with Gasteiger partial charge in [-0.2, -0.15) is 0 Å². The first kappa shape index (κ1) is 29.8. The molecule has 0 saturated carbocycles. The maximum Gasteiger partial charge on any atom is 0.262 e. The Morgan fingerprint density at radius 3 is 2.43 bits per heavy atom. The fourth-order valence-electron chi connectivity index (χ4n) is 5.79. The van der Waals surface area contributed by atoms with E-state index in [0.717, 1.165) is 31.7 Å². The first-order chi connectivity index (χ1) is 20.3. The number of aryl methyl sites for hydroxylation is 1. The number of methoxy groups -OCH3 is 1. The Bertz CT molecular complexity index is 1400. The maximum atomic E-state index is 14.6. The van der Waals surface area contributed by atoms with E-state index in [0.29, 0.717) is 35.5 Å². The number of amides is 2. The lowest BCUT2D eigenvalue weighted by Crippen LogP contribution is -2.58. The molecule has 2 heterocycles. The Kier molecular flexibility index (Phi) is 9.33. The highest BCUT2D eigenvalue weighted by atomic mass is 19.1. The van der Waals surface area contributed by atoms with E-state index in [9.17, 15) is 14.0 Å². The summed E-state index contributed by atoms with van der Waals surface area (Å²) in [5.41, 5.74) is 2.91. The second-order valence-electron chi connectivity index (χ2n) is 11.1. The molecular formula is C33H39FN4O4. The predicted molar refractivity (Wildman–Crippen MR) is 160 cm³/mol. The monoisotopic (exact) mass is 574 g/mol. The zero-order chi connectivity index (χ0) is 29.7. The van der Waals surface area contributed by atoms with Crippen LogP contribution in [0.4, 0.5) is 10.1 Å². The lowest BCUT2D eigenvalue weighted by atomic mass is 10.0. The van der Waals surface area contributed by atoms with Crippen LogP contribution in [0.1, 0.15) is 38.3 Å². The minimum absolute atomic E-state index is 0.138. The third-order valence-corrected chi connectivity index (χ3v) is 8.19. The molecule has 2 amide bonds. The van der Waals surface area contributed by atoms with Crippen molar-refractivity contribution < 1.29 is 23.5 Å². The van der Waals surface area contributed by atoms with Gasteiger partial charge in [-0.1, -0.05) is 36.4 Å². The number of carbonyl (C=O) groups is 2. The number of halogens is 1. The normalized spacial score (nSPS) is 21.4. The molecule has 5 rings (SSSR count). The molecule has 3 aromatic carbocycles. The summed E-state index contributed by atoms with van der Waals surface area (Å²) in [6.45, 7) is 6.62. The van der Waals surface area contributed by atoms with Gasteiger partial charge in [0.1, 0.15) is 5.82 Å². The van der Waals surface area contributed by atoms with Gasteiger partial charge >= 0.3 is 0 Å². The quantitative estimate of drug-likeness (QED) is 0.409. The number of benzene rings is 3. The molecule has 2 atom stereocenters. The first-order valence-corrected chi connectivity index (χ1v) is 14.4. The smallest absolute Gasteiger partial charge is 0.262 e. The second kappa shape index (κ2) is 13.1. The number of ether oxygens (including phenoxy) is 2. The van der Waals surface area contributed by atoms with E-state index in [4.69, 9.17) is 9.47 Å². The van der Waals surface area contributed by atoms with Crippen molar-refractivity contribution in [3.05, 3.63) is 101 Å². The molecule has 3 aromatic rings. The van der Waals surface area contributed by atoms with Gasteiger partial charge in [0.2, 0.25) is 0 Å². The van der Waals surface area contributed by atoms with Gasteiger partial charge in [0.25, 0.3) is 17.7 Å². The van der Waals surface area contributed by atoms with Crippen LogP contribution in [-0.2, 0) is 15.9 Å². The summed E-state index contributed by atoms with van der Waals surface area (Å²) in [6, 6.07) is 20.1. The highest BCUT2D eigenvalue weighted by molar-refractivity contribution is 6.07. The summed E-state index contributed by atoms with van der Waals surface area (Å²) >= 11 is 0.